The molecule has 0 unspecified atom stereocenters. The number of pyridine rings is 1. The van der Waals surface area contributed by atoms with Crippen LogP contribution in [0.1, 0.15) is 15.5 Å². The molecule has 2 aromatic heterocycles. The fourth-order valence-corrected chi connectivity index (χ4v) is 3.07. The van der Waals surface area contributed by atoms with Crippen molar-refractivity contribution >= 4 is 28.7 Å². The summed E-state index contributed by atoms with van der Waals surface area (Å²) in [5.41, 5.74) is 0.668. The van der Waals surface area contributed by atoms with E-state index in [-0.39, 0.29) is 11.5 Å². The van der Waals surface area contributed by atoms with E-state index in [1.54, 1.807) is 12.3 Å². The number of alkyl halides is 3. The Labute approximate surface area is 146 Å². The molecular formula is C15H16F3N5OS. The minimum absolute atomic E-state index is 0.268. The summed E-state index contributed by atoms with van der Waals surface area (Å²) in [6.45, 7) is 3.71. The van der Waals surface area contributed by atoms with Gasteiger partial charge in [-0.15, -0.1) is 11.3 Å². The summed E-state index contributed by atoms with van der Waals surface area (Å²) in [7, 11) is 2.07. The van der Waals surface area contributed by atoms with Gasteiger partial charge >= 0.3 is 6.18 Å². The number of nitrogens with zero attached hydrogens (tertiary/aromatic N) is 4. The van der Waals surface area contributed by atoms with Crippen molar-refractivity contribution in [2.45, 2.75) is 6.18 Å². The number of piperazine rings is 1. The molecule has 1 saturated heterocycles. The zero-order valence-corrected chi connectivity index (χ0v) is 14.2. The number of amides is 1. The molecule has 0 spiro atoms. The molecular weight excluding hydrogens is 355 g/mol. The molecule has 25 heavy (non-hydrogen) atoms. The largest absolute Gasteiger partial charge is 0.443 e. The van der Waals surface area contributed by atoms with Crippen LogP contribution in [0.15, 0.2) is 23.7 Å². The van der Waals surface area contributed by atoms with Gasteiger partial charge in [-0.2, -0.15) is 13.2 Å². The highest BCUT2D eigenvalue weighted by atomic mass is 32.1. The molecule has 1 amide bonds. The highest BCUT2D eigenvalue weighted by Gasteiger charge is 2.35. The lowest BCUT2D eigenvalue weighted by atomic mass is 10.3. The first kappa shape index (κ1) is 17.6. The maximum atomic E-state index is 12.5. The van der Waals surface area contributed by atoms with Crippen molar-refractivity contribution in [2.75, 3.05) is 43.4 Å². The molecule has 0 radical (unpaired) electrons. The van der Waals surface area contributed by atoms with Crippen LogP contribution in [-0.2, 0) is 6.18 Å². The van der Waals surface area contributed by atoms with E-state index in [1.807, 2.05) is 6.07 Å². The molecule has 1 aliphatic rings. The Morgan fingerprint density at radius 3 is 2.52 bits per heavy atom. The van der Waals surface area contributed by atoms with Crippen molar-refractivity contribution < 1.29 is 18.0 Å². The molecule has 0 saturated carbocycles. The van der Waals surface area contributed by atoms with E-state index in [4.69, 9.17) is 0 Å². The van der Waals surface area contributed by atoms with Crippen LogP contribution in [0.3, 0.4) is 0 Å². The summed E-state index contributed by atoms with van der Waals surface area (Å²) in [5.74, 6) is -0.448. The molecule has 0 bridgehead atoms. The van der Waals surface area contributed by atoms with Crippen molar-refractivity contribution in [3.05, 3.63) is 34.4 Å². The second kappa shape index (κ2) is 6.96. The predicted molar refractivity (Wildman–Crippen MR) is 89.0 cm³/mol. The molecule has 2 aromatic rings. The first-order valence-corrected chi connectivity index (χ1v) is 8.44. The zero-order valence-electron chi connectivity index (χ0n) is 13.4. The molecule has 0 aromatic carbocycles. The molecule has 0 aliphatic carbocycles. The first-order chi connectivity index (χ1) is 11.8. The van der Waals surface area contributed by atoms with Crippen molar-refractivity contribution in [3.63, 3.8) is 0 Å². The van der Waals surface area contributed by atoms with Gasteiger partial charge in [-0.1, -0.05) is 0 Å². The molecule has 1 fully saturated rings. The number of hydrogen-bond acceptors (Lipinski definition) is 6. The fraction of sp³-hybridized carbons (Fsp3) is 0.400. The van der Waals surface area contributed by atoms with E-state index in [0.717, 1.165) is 37.2 Å². The number of rotatable bonds is 3. The van der Waals surface area contributed by atoms with Gasteiger partial charge < -0.3 is 15.1 Å². The Balaban J connectivity index is 1.63. The van der Waals surface area contributed by atoms with Gasteiger partial charge in [0.25, 0.3) is 5.91 Å². The van der Waals surface area contributed by atoms with Crippen LogP contribution in [0.5, 0.6) is 0 Å². The highest BCUT2D eigenvalue weighted by Crippen LogP contribution is 2.31. The third-order valence-electron chi connectivity index (χ3n) is 3.84. The van der Waals surface area contributed by atoms with Gasteiger partial charge in [-0.25, -0.2) is 9.97 Å². The summed E-state index contributed by atoms with van der Waals surface area (Å²) in [6.07, 6.45) is -2.91. The minimum atomic E-state index is -4.55. The Hall–Kier alpha value is -2.20. The number of aromatic nitrogens is 2. The van der Waals surface area contributed by atoms with Crippen LogP contribution < -0.4 is 10.2 Å². The smallest absolute Gasteiger partial charge is 0.368 e. The molecule has 1 N–H and O–H groups in total. The number of carbonyl (C=O) groups excluding carboxylic acids is 1. The number of likely N-dealkylation sites (N-methyl/N-ethyl adjacent to an activating group) is 1. The lowest BCUT2D eigenvalue weighted by Gasteiger charge is -2.33. The van der Waals surface area contributed by atoms with Gasteiger partial charge in [0.2, 0.25) is 0 Å². The summed E-state index contributed by atoms with van der Waals surface area (Å²) < 4.78 is 37.6. The van der Waals surface area contributed by atoms with E-state index in [1.165, 1.54) is 0 Å². The SMILES string of the molecule is CN1CCN(c2ccc(NC(=O)c3csc(C(F)(F)F)n3)nc2)CC1. The quantitative estimate of drug-likeness (QED) is 0.899. The third-order valence-corrected chi connectivity index (χ3v) is 4.72. The van der Waals surface area contributed by atoms with E-state index in [0.29, 0.717) is 11.3 Å². The van der Waals surface area contributed by atoms with Crippen molar-refractivity contribution in [1.82, 2.24) is 14.9 Å². The van der Waals surface area contributed by atoms with Crippen molar-refractivity contribution in [1.29, 1.82) is 0 Å². The van der Waals surface area contributed by atoms with E-state index in [9.17, 15) is 18.0 Å². The second-order valence-electron chi connectivity index (χ2n) is 5.68. The van der Waals surface area contributed by atoms with E-state index < -0.39 is 17.1 Å². The second-order valence-corrected chi connectivity index (χ2v) is 6.54. The average Bonchev–Trinajstić information content (AvgIpc) is 3.07. The number of carbonyl (C=O) groups is 1. The summed E-state index contributed by atoms with van der Waals surface area (Å²) in [6, 6.07) is 3.46. The standard InChI is InChI=1S/C15H16F3N5OS/c1-22-4-6-23(7-5-22)10-2-3-12(19-8-10)21-13(24)11-9-25-14(20-11)15(16,17)18/h2-3,8-9H,4-7H2,1H3,(H,19,21,24). The number of thiazole rings is 1. The van der Waals surface area contributed by atoms with Crippen LogP contribution in [0.4, 0.5) is 24.7 Å². The first-order valence-electron chi connectivity index (χ1n) is 7.56. The van der Waals surface area contributed by atoms with Crippen molar-refractivity contribution in [3.8, 4) is 0 Å². The van der Waals surface area contributed by atoms with E-state index >= 15 is 0 Å². The molecule has 10 heteroatoms. The molecule has 0 atom stereocenters. The lowest BCUT2D eigenvalue weighted by molar-refractivity contribution is -0.137. The number of halogens is 3. The number of anilines is 2. The molecule has 6 nitrogen and oxygen atoms in total. The fourth-order valence-electron chi connectivity index (χ4n) is 2.40. The number of hydrogen-bond donors (Lipinski definition) is 1. The van der Waals surface area contributed by atoms with Gasteiger partial charge in [-0.3, -0.25) is 4.79 Å². The zero-order chi connectivity index (χ0) is 18.0. The normalized spacial score (nSPS) is 16.1. The summed E-state index contributed by atoms with van der Waals surface area (Å²) >= 11 is 0.389. The molecule has 134 valence electrons. The highest BCUT2D eigenvalue weighted by molar-refractivity contribution is 7.10. The Bertz CT molecular complexity index is 738. The average molecular weight is 371 g/mol. The van der Waals surface area contributed by atoms with Gasteiger partial charge in [-0.05, 0) is 19.2 Å². The summed E-state index contributed by atoms with van der Waals surface area (Å²) in [5, 5.41) is 2.49. The summed E-state index contributed by atoms with van der Waals surface area (Å²) in [4.78, 5) is 23.9. The third kappa shape index (κ3) is 4.26. The monoisotopic (exact) mass is 371 g/mol. The topological polar surface area (TPSA) is 61.4 Å². The van der Waals surface area contributed by atoms with E-state index in [2.05, 4.69) is 32.1 Å². The predicted octanol–water partition coefficient (Wildman–Crippen LogP) is 2.56. The minimum Gasteiger partial charge on any atom is -0.368 e. The maximum absolute atomic E-state index is 12.5. The van der Waals surface area contributed by atoms with Crippen LogP contribution in [0.2, 0.25) is 0 Å². The van der Waals surface area contributed by atoms with Gasteiger partial charge in [0.05, 0.1) is 11.9 Å². The molecule has 1 aliphatic heterocycles. The van der Waals surface area contributed by atoms with Gasteiger partial charge in [0, 0.05) is 31.6 Å². The van der Waals surface area contributed by atoms with Gasteiger partial charge in [0.1, 0.15) is 11.5 Å². The Morgan fingerprint density at radius 1 is 1.24 bits per heavy atom. The molecule has 3 heterocycles. The lowest BCUT2D eigenvalue weighted by Crippen LogP contribution is -2.44. The van der Waals surface area contributed by atoms with Crippen molar-refractivity contribution in [2.24, 2.45) is 0 Å². The van der Waals surface area contributed by atoms with Crippen LogP contribution in [-0.4, -0.2) is 54.0 Å². The maximum Gasteiger partial charge on any atom is 0.443 e. The van der Waals surface area contributed by atoms with Crippen LogP contribution >= 0.6 is 11.3 Å². The molecule has 3 rings (SSSR count). The van der Waals surface area contributed by atoms with Crippen LogP contribution in [0.25, 0.3) is 0 Å². The van der Waals surface area contributed by atoms with Gasteiger partial charge in [0.15, 0.2) is 5.01 Å². The Kier molecular flexibility index (Phi) is 4.91. The number of nitrogens with one attached hydrogen (secondary N) is 1. The Morgan fingerprint density at radius 2 is 1.96 bits per heavy atom. The van der Waals surface area contributed by atoms with Crippen LogP contribution in [0, 0.1) is 0 Å².